The van der Waals surface area contributed by atoms with Crippen molar-refractivity contribution in [3.05, 3.63) is 42.5 Å². The molecule has 0 radical (unpaired) electrons. The van der Waals surface area contributed by atoms with Crippen LogP contribution in [0.2, 0.25) is 0 Å². The lowest BCUT2D eigenvalue weighted by atomic mass is 10.1. The van der Waals surface area contributed by atoms with Gasteiger partial charge in [-0.2, -0.15) is 12.6 Å². The van der Waals surface area contributed by atoms with Gasteiger partial charge in [-0.15, -0.1) is 0 Å². The van der Waals surface area contributed by atoms with Crippen molar-refractivity contribution in [1.29, 1.82) is 0 Å². The molecule has 0 aliphatic carbocycles. The van der Waals surface area contributed by atoms with Crippen LogP contribution in [0.3, 0.4) is 0 Å². The van der Waals surface area contributed by atoms with Gasteiger partial charge in [0.05, 0.1) is 6.61 Å². The molecule has 0 spiro atoms. The summed E-state index contributed by atoms with van der Waals surface area (Å²) in [5, 5.41) is 2.51. The number of hydrogen-bond acceptors (Lipinski definition) is 2. The Morgan fingerprint density at radius 3 is 2.25 bits per heavy atom. The Balaban J connectivity index is 1.65. The normalized spacial score (nSPS) is 10.8. The van der Waals surface area contributed by atoms with Crippen LogP contribution in [0.15, 0.2) is 42.5 Å². The van der Waals surface area contributed by atoms with E-state index in [0.717, 1.165) is 24.5 Å². The van der Waals surface area contributed by atoms with Gasteiger partial charge >= 0.3 is 0 Å². The summed E-state index contributed by atoms with van der Waals surface area (Å²) in [6, 6.07) is 14.7. The Morgan fingerprint density at radius 1 is 0.750 bits per heavy atom. The Morgan fingerprint density at radius 2 is 1.45 bits per heavy atom. The average molecular weight is 288 g/mol. The molecule has 1 nitrogen and oxygen atoms in total. The third kappa shape index (κ3) is 5.09. The third-order valence-electron chi connectivity index (χ3n) is 3.54. The Bertz CT molecular complexity index is 509. The molecule has 0 fully saturated rings. The first kappa shape index (κ1) is 15.2. The standard InChI is InChI=1S/C18H24OS/c20-14-8-4-2-1-3-7-13-19-18-12-11-16-9-5-6-10-17(16)15-18/h5-6,9-12,15,20H,1-4,7-8,13-14H2. The first-order valence-electron chi connectivity index (χ1n) is 7.62. The highest BCUT2D eigenvalue weighted by molar-refractivity contribution is 7.80. The molecule has 0 heterocycles. The minimum Gasteiger partial charge on any atom is -0.494 e. The number of hydrogen-bond donors (Lipinski definition) is 1. The highest BCUT2D eigenvalue weighted by Gasteiger charge is 1.97. The second-order valence-electron chi connectivity index (χ2n) is 5.20. The topological polar surface area (TPSA) is 9.23 Å². The first-order chi connectivity index (χ1) is 9.90. The highest BCUT2D eigenvalue weighted by atomic mass is 32.1. The zero-order valence-corrected chi connectivity index (χ0v) is 12.9. The predicted octanol–water partition coefficient (Wildman–Crippen LogP) is 5.49. The lowest BCUT2D eigenvalue weighted by molar-refractivity contribution is 0.305. The molecule has 0 atom stereocenters. The van der Waals surface area contributed by atoms with Crippen LogP contribution in [0.1, 0.15) is 38.5 Å². The number of unbranched alkanes of at least 4 members (excludes halogenated alkanes) is 5. The minimum atomic E-state index is 0.824. The molecule has 2 aromatic rings. The number of ether oxygens (including phenoxy) is 1. The molecule has 0 unspecified atom stereocenters. The molecule has 0 bridgehead atoms. The Kier molecular flexibility index (Phi) is 6.79. The average Bonchev–Trinajstić information content (AvgIpc) is 2.50. The minimum absolute atomic E-state index is 0.824. The van der Waals surface area contributed by atoms with E-state index in [2.05, 4.69) is 55.1 Å². The SMILES string of the molecule is SCCCCCCCCOc1ccc2ccccc2c1. The molecular formula is C18H24OS. The summed E-state index contributed by atoms with van der Waals surface area (Å²) in [4.78, 5) is 0. The van der Waals surface area contributed by atoms with Gasteiger partial charge in [0.2, 0.25) is 0 Å². The highest BCUT2D eigenvalue weighted by Crippen LogP contribution is 2.20. The maximum absolute atomic E-state index is 5.83. The van der Waals surface area contributed by atoms with E-state index in [1.54, 1.807) is 0 Å². The quantitative estimate of drug-likeness (QED) is 0.474. The van der Waals surface area contributed by atoms with Gasteiger partial charge in [0.15, 0.2) is 0 Å². The van der Waals surface area contributed by atoms with Crippen molar-refractivity contribution < 1.29 is 4.74 Å². The van der Waals surface area contributed by atoms with Gasteiger partial charge in [-0.05, 0) is 41.5 Å². The van der Waals surface area contributed by atoms with Crippen molar-refractivity contribution in [3.63, 3.8) is 0 Å². The molecule has 2 aromatic carbocycles. The van der Waals surface area contributed by atoms with Gasteiger partial charge in [-0.25, -0.2) is 0 Å². The summed E-state index contributed by atoms with van der Waals surface area (Å²) in [7, 11) is 0. The summed E-state index contributed by atoms with van der Waals surface area (Å²) in [5.74, 6) is 2.00. The molecule has 2 rings (SSSR count). The van der Waals surface area contributed by atoms with Crippen molar-refractivity contribution in [3.8, 4) is 5.75 Å². The van der Waals surface area contributed by atoms with Crippen LogP contribution in [0.25, 0.3) is 10.8 Å². The van der Waals surface area contributed by atoms with E-state index in [-0.39, 0.29) is 0 Å². The van der Waals surface area contributed by atoms with E-state index in [0.29, 0.717) is 0 Å². The van der Waals surface area contributed by atoms with Gasteiger partial charge in [0.1, 0.15) is 5.75 Å². The van der Waals surface area contributed by atoms with Crippen molar-refractivity contribution >= 4 is 23.4 Å². The fraction of sp³-hybridized carbons (Fsp3) is 0.444. The second kappa shape index (κ2) is 8.91. The molecule has 0 aliphatic heterocycles. The van der Waals surface area contributed by atoms with Crippen molar-refractivity contribution in [2.75, 3.05) is 12.4 Å². The van der Waals surface area contributed by atoms with Gasteiger partial charge in [0, 0.05) is 0 Å². The van der Waals surface area contributed by atoms with Crippen LogP contribution >= 0.6 is 12.6 Å². The first-order valence-corrected chi connectivity index (χ1v) is 8.26. The van der Waals surface area contributed by atoms with Gasteiger partial charge in [0.25, 0.3) is 0 Å². The third-order valence-corrected chi connectivity index (χ3v) is 3.86. The van der Waals surface area contributed by atoms with Gasteiger partial charge in [-0.1, -0.05) is 56.0 Å². The van der Waals surface area contributed by atoms with Crippen LogP contribution in [0.4, 0.5) is 0 Å². The molecule has 0 aromatic heterocycles. The Hall–Kier alpha value is -1.15. The molecule has 2 heteroatoms. The van der Waals surface area contributed by atoms with E-state index in [1.807, 2.05) is 0 Å². The predicted molar refractivity (Wildman–Crippen MR) is 91.0 cm³/mol. The zero-order valence-electron chi connectivity index (χ0n) is 12.1. The smallest absolute Gasteiger partial charge is 0.119 e. The number of rotatable bonds is 9. The Labute approximate surface area is 127 Å². The summed E-state index contributed by atoms with van der Waals surface area (Å²) in [6.45, 7) is 0.824. The van der Waals surface area contributed by atoms with Crippen LogP contribution in [-0.4, -0.2) is 12.4 Å². The van der Waals surface area contributed by atoms with E-state index < -0.39 is 0 Å². The number of thiol groups is 1. The molecule has 0 saturated heterocycles. The van der Waals surface area contributed by atoms with E-state index in [9.17, 15) is 0 Å². The molecule has 0 aliphatic rings. The molecular weight excluding hydrogens is 264 g/mol. The fourth-order valence-corrected chi connectivity index (χ4v) is 2.59. The summed E-state index contributed by atoms with van der Waals surface area (Å²) < 4.78 is 5.83. The second-order valence-corrected chi connectivity index (χ2v) is 5.65. The largest absolute Gasteiger partial charge is 0.494 e. The molecule has 0 N–H and O–H groups in total. The van der Waals surface area contributed by atoms with E-state index >= 15 is 0 Å². The summed E-state index contributed by atoms with van der Waals surface area (Å²) in [5.41, 5.74) is 0. The summed E-state index contributed by atoms with van der Waals surface area (Å²) in [6.07, 6.45) is 7.62. The fourth-order valence-electron chi connectivity index (χ4n) is 2.37. The van der Waals surface area contributed by atoms with Crippen molar-refractivity contribution in [1.82, 2.24) is 0 Å². The van der Waals surface area contributed by atoms with Crippen LogP contribution < -0.4 is 4.74 Å². The van der Waals surface area contributed by atoms with Crippen LogP contribution in [0, 0.1) is 0 Å². The maximum atomic E-state index is 5.83. The lowest BCUT2D eigenvalue weighted by Gasteiger charge is -2.07. The molecule has 108 valence electrons. The van der Waals surface area contributed by atoms with Gasteiger partial charge < -0.3 is 4.74 Å². The molecule has 20 heavy (non-hydrogen) atoms. The monoisotopic (exact) mass is 288 g/mol. The summed E-state index contributed by atoms with van der Waals surface area (Å²) >= 11 is 4.23. The van der Waals surface area contributed by atoms with Crippen LogP contribution in [0.5, 0.6) is 5.75 Å². The number of benzene rings is 2. The molecule has 0 saturated carbocycles. The van der Waals surface area contributed by atoms with Gasteiger partial charge in [-0.3, -0.25) is 0 Å². The zero-order chi connectivity index (χ0) is 14.0. The maximum Gasteiger partial charge on any atom is 0.119 e. The number of fused-ring (bicyclic) bond motifs is 1. The lowest BCUT2D eigenvalue weighted by Crippen LogP contribution is -1.97. The van der Waals surface area contributed by atoms with Crippen molar-refractivity contribution in [2.24, 2.45) is 0 Å². The van der Waals surface area contributed by atoms with Crippen LogP contribution in [-0.2, 0) is 0 Å². The molecule has 0 amide bonds. The van der Waals surface area contributed by atoms with Crippen molar-refractivity contribution in [2.45, 2.75) is 38.5 Å². The van der Waals surface area contributed by atoms with E-state index in [1.165, 1.54) is 42.9 Å². The van der Waals surface area contributed by atoms with E-state index in [4.69, 9.17) is 4.74 Å².